The summed E-state index contributed by atoms with van der Waals surface area (Å²) in [4.78, 5) is 15.5. The highest BCUT2D eigenvalue weighted by Crippen LogP contribution is 2.53. The Morgan fingerprint density at radius 1 is 1.50 bits per heavy atom. The minimum absolute atomic E-state index is 0.493. The Labute approximate surface area is 91.4 Å². The molecule has 0 atom stereocenters. The zero-order chi connectivity index (χ0) is 11.8. The largest absolute Gasteiger partial charge is 0.468 e. The molecule has 1 aromatic rings. The first kappa shape index (κ1) is 11.0. The zero-order valence-electron chi connectivity index (χ0n) is 8.74. The van der Waals surface area contributed by atoms with E-state index in [-0.39, 0.29) is 0 Å². The van der Waals surface area contributed by atoms with Gasteiger partial charge in [0.05, 0.1) is 7.11 Å². The van der Waals surface area contributed by atoms with Crippen molar-refractivity contribution in [2.24, 2.45) is 0 Å². The van der Waals surface area contributed by atoms with E-state index < -0.39 is 30.1 Å². The van der Waals surface area contributed by atoms with Gasteiger partial charge in [0.25, 0.3) is 5.92 Å². The highest BCUT2D eigenvalue weighted by molar-refractivity contribution is 5.84. The third-order valence-corrected chi connectivity index (χ3v) is 2.91. The molecule has 16 heavy (non-hydrogen) atoms. The summed E-state index contributed by atoms with van der Waals surface area (Å²) in [7, 11) is 1.21. The second-order valence-corrected chi connectivity index (χ2v) is 4.02. The molecule has 3 nitrogen and oxygen atoms in total. The molecule has 0 N–H and O–H groups in total. The predicted octanol–water partition coefficient (Wildman–Crippen LogP) is 1.92. The van der Waals surface area contributed by atoms with Crippen LogP contribution in [0.5, 0.6) is 0 Å². The van der Waals surface area contributed by atoms with Crippen molar-refractivity contribution in [1.29, 1.82) is 0 Å². The lowest BCUT2D eigenvalue weighted by Gasteiger charge is -2.44. The van der Waals surface area contributed by atoms with Gasteiger partial charge >= 0.3 is 5.97 Å². The third-order valence-electron chi connectivity index (χ3n) is 2.91. The third kappa shape index (κ3) is 1.56. The number of esters is 1. The van der Waals surface area contributed by atoms with Crippen LogP contribution < -0.4 is 0 Å². The van der Waals surface area contributed by atoms with Crippen LogP contribution in [0.25, 0.3) is 0 Å². The Hall–Kier alpha value is -1.52. The van der Waals surface area contributed by atoms with E-state index in [1.807, 2.05) is 0 Å². The summed E-state index contributed by atoms with van der Waals surface area (Å²) in [6.45, 7) is 0. The fourth-order valence-electron chi connectivity index (χ4n) is 2.14. The van der Waals surface area contributed by atoms with Crippen molar-refractivity contribution < 1.29 is 18.3 Å². The Bertz CT molecular complexity index is 398. The summed E-state index contributed by atoms with van der Waals surface area (Å²) >= 11 is 0. The molecule has 2 rings (SSSR count). The molecule has 1 heterocycles. The molecule has 1 aliphatic rings. The van der Waals surface area contributed by atoms with Crippen LogP contribution >= 0.6 is 0 Å². The molecule has 0 bridgehead atoms. The summed E-state index contributed by atoms with van der Waals surface area (Å²) in [5, 5.41) is 0. The second kappa shape index (κ2) is 3.50. The van der Waals surface area contributed by atoms with Gasteiger partial charge in [0.1, 0.15) is 5.41 Å². The number of rotatable bonds is 2. The monoisotopic (exact) mass is 227 g/mol. The number of ether oxygens (including phenoxy) is 1. The molecule has 86 valence electrons. The van der Waals surface area contributed by atoms with Gasteiger partial charge in [-0.3, -0.25) is 9.78 Å². The minimum atomic E-state index is -2.79. The Morgan fingerprint density at radius 3 is 2.62 bits per heavy atom. The normalized spacial score (nSPS) is 20.9. The van der Waals surface area contributed by atoms with Crippen LogP contribution in [0.2, 0.25) is 0 Å². The smallest absolute Gasteiger partial charge is 0.316 e. The number of halogens is 2. The second-order valence-electron chi connectivity index (χ2n) is 4.02. The molecular weight excluding hydrogens is 216 g/mol. The van der Waals surface area contributed by atoms with Crippen molar-refractivity contribution in [1.82, 2.24) is 4.98 Å². The maximum Gasteiger partial charge on any atom is 0.316 e. The topological polar surface area (TPSA) is 39.2 Å². The average molecular weight is 227 g/mol. The molecule has 1 aromatic heterocycles. The number of nitrogens with zero attached hydrogens (tertiary/aromatic N) is 1. The maximum atomic E-state index is 13.0. The first-order valence-electron chi connectivity index (χ1n) is 4.87. The molecule has 1 aliphatic carbocycles. The minimum Gasteiger partial charge on any atom is -0.468 e. The Kier molecular flexibility index (Phi) is 2.40. The Balaban J connectivity index is 2.35. The molecule has 5 heteroatoms. The summed E-state index contributed by atoms with van der Waals surface area (Å²) in [5.41, 5.74) is -0.722. The van der Waals surface area contributed by atoms with Crippen LogP contribution in [0.15, 0.2) is 24.5 Å². The molecule has 0 aliphatic heterocycles. The molecule has 0 aromatic carbocycles. The lowest BCUT2D eigenvalue weighted by molar-refractivity contribution is -0.177. The molecule has 0 amide bonds. The van der Waals surface area contributed by atoms with Crippen LogP contribution in [-0.4, -0.2) is 24.0 Å². The molecule has 0 radical (unpaired) electrons. The first-order valence-corrected chi connectivity index (χ1v) is 4.87. The number of methoxy groups -OCH3 is 1. The van der Waals surface area contributed by atoms with E-state index in [0.717, 1.165) is 0 Å². The molecular formula is C11H11F2NO2. The van der Waals surface area contributed by atoms with E-state index in [1.54, 1.807) is 12.1 Å². The number of pyridine rings is 1. The number of aromatic nitrogens is 1. The predicted molar refractivity (Wildman–Crippen MR) is 52.1 cm³/mol. The standard InChI is InChI=1S/C11H11F2NO2/c1-16-9(15)10(6-11(12,13)7-10)8-3-2-4-14-5-8/h2-5H,6-7H2,1H3. The van der Waals surface area contributed by atoms with Crippen molar-refractivity contribution in [3.8, 4) is 0 Å². The quantitative estimate of drug-likeness (QED) is 0.724. The number of carbonyl (C=O) groups is 1. The molecule has 1 saturated carbocycles. The van der Waals surface area contributed by atoms with Gasteiger partial charge in [0, 0.05) is 25.2 Å². The van der Waals surface area contributed by atoms with Gasteiger partial charge in [-0.25, -0.2) is 8.78 Å². The van der Waals surface area contributed by atoms with E-state index in [1.165, 1.54) is 19.5 Å². The molecule has 1 fully saturated rings. The molecule has 0 spiro atoms. The highest BCUT2D eigenvalue weighted by Gasteiger charge is 2.62. The van der Waals surface area contributed by atoms with E-state index in [9.17, 15) is 13.6 Å². The van der Waals surface area contributed by atoms with Crippen molar-refractivity contribution in [3.63, 3.8) is 0 Å². The van der Waals surface area contributed by atoms with E-state index in [4.69, 9.17) is 0 Å². The van der Waals surface area contributed by atoms with Gasteiger partial charge in [-0.15, -0.1) is 0 Å². The SMILES string of the molecule is COC(=O)C1(c2cccnc2)CC(F)(F)C1. The van der Waals surface area contributed by atoms with E-state index in [2.05, 4.69) is 9.72 Å². The summed E-state index contributed by atoms with van der Waals surface area (Å²) in [6, 6.07) is 3.25. The van der Waals surface area contributed by atoms with Gasteiger partial charge in [-0.05, 0) is 11.6 Å². The number of alkyl halides is 2. The molecule has 0 saturated heterocycles. The van der Waals surface area contributed by atoms with Crippen LogP contribution in [0.4, 0.5) is 8.78 Å². The van der Waals surface area contributed by atoms with Gasteiger partial charge in [-0.2, -0.15) is 0 Å². The van der Waals surface area contributed by atoms with Gasteiger partial charge < -0.3 is 4.74 Å². The maximum absolute atomic E-state index is 13.0. The number of hydrogen-bond donors (Lipinski definition) is 0. The fourth-order valence-corrected chi connectivity index (χ4v) is 2.14. The molecule has 0 unspecified atom stereocenters. The van der Waals surface area contributed by atoms with Gasteiger partial charge in [0.15, 0.2) is 0 Å². The van der Waals surface area contributed by atoms with Gasteiger partial charge in [0.2, 0.25) is 0 Å². The summed E-state index contributed by atoms with van der Waals surface area (Å²) in [5.74, 6) is -3.41. The van der Waals surface area contributed by atoms with E-state index in [0.29, 0.717) is 5.56 Å². The first-order chi connectivity index (χ1) is 7.50. The fraction of sp³-hybridized carbons (Fsp3) is 0.455. The lowest BCUT2D eigenvalue weighted by Crippen LogP contribution is -2.54. The van der Waals surface area contributed by atoms with Crippen LogP contribution in [-0.2, 0) is 14.9 Å². The Morgan fingerprint density at radius 2 is 2.19 bits per heavy atom. The van der Waals surface area contributed by atoms with Crippen molar-refractivity contribution in [3.05, 3.63) is 30.1 Å². The van der Waals surface area contributed by atoms with Gasteiger partial charge in [-0.1, -0.05) is 6.07 Å². The zero-order valence-corrected chi connectivity index (χ0v) is 8.74. The highest BCUT2D eigenvalue weighted by atomic mass is 19.3. The number of carbonyl (C=O) groups excluding carboxylic acids is 1. The summed E-state index contributed by atoms with van der Waals surface area (Å²) in [6.07, 6.45) is 1.97. The number of hydrogen-bond acceptors (Lipinski definition) is 3. The van der Waals surface area contributed by atoms with E-state index >= 15 is 0 Å². The van der Waals surface area contributed by atoms with Crippen molar-refractivity contribution in [2.75, 3.05) is 7.11 Å². The summed E-state index contributed by atoms with van der Waals surface area (Å²) < 4.78 is 30.6. The van der Waals surface area contributed by atoms with Crippen LogP contribution in [0.3, 0.4) is 0 Å². The van der Waals surface area contributed by atoms with Crippen molar-refractivity contribution >= 4 is 5.97 Å². The van der Waals surface area contributed by atoms with Crippen LogP contribution in [0.1, 0.15) is 18.4 Å². The average Bonchev–Trinajstić information content (AvgIpc) is 2.25. The van der Waals surface area contributed by atoms with Crippen LogP contribution in [0, 0.1) is 0 Å². The van der Waals surface area contributed by atoms with Crippen molar-refractivity contribution in [2.45, 2.75) is 24.2 Å². The lowest BCUT2D eigenvalue weighted by atomic mass is 9.62.